The van der Waals surface area contributed by atoms with E-state index in [1.165, 1.54) is 12.1 Å². The third-order valence-electron chi connectivity index (χ3n) is 3.31. The molecular formula is C16H11ClFNO2. The van der Waals surface area contributed by atoms with Gasteiger partial charge in [-0.1, -0.05) is 11.6 Å². The standard InChI is InChI=1S/C16H11ClFNO2/c1-21-10-3-5-15-12(7-10)13(8-19-15)16(20)11-4-2-9(18)6-14(11)17/h2-8,19H,1H3. The van der Waals surface area contributed by atoms with Crippen LogP contribution in [0.5, 0.6) is 5.75 Å². The fraction of sp³-hybridized carbons (Fsp3) is 0.0625. The number of carbonyl (C=O) groups excluding carboxylic acids is 1. The normalized spacial score (nSPS) is 10.8. The van der Waals surface area contributed by atoms with E-state index >= 15 is 0 Å². The number of benzene rings is 2. The Balaban J connectivity index is 2.13. The van der Waals surface area contributed by atoms with Crippen LogP contribution in [0.4, 0.5) is 4.39 Å². The molecule has 106 valence electrons. The molecule has 1 N–H and O–H groups in total. The lowest BCUT2D eigenvalue weighted by Crippen LogP contribution is -2.01. The molecule has 0 saturated carbocycles. The van der Waals surface area contributed by atoms with Crippen molar-refractivity contribution >= 4 is 28.3 Å². The van der Waals surface area contributed by atoms with E-state index in [4.69, 9.17) is 16.3 Å². The van der Waals surface area contributed by atoms with Crippen molar-refractivity contribution in [1.82, 2.24) is 4.98 Å². The molecule has 3 nitrogen and oxygen atoms in total. The number of aromatic amines is 1. The molecule has 0 amide bonds. The summed E-state index contributed by atoms with van der Waals surface area (Å²) in [5.41, 5.74) is 1.55. The SMILES string of the molecule is COc1ccc2[nH]cc(C(=O)c3ccc(F)cc3Cl)c2c1. The molecule has 3 rings (SSSR count). The third kappa shape index (κ3) is 2.38. The van der Waals surface area contributed by atoms with Crippen LogP contribution in [-0.4, -0.2) is 17.9 Å². The van der Waals surface area contributed by atoms with Crippen LogP contribution in [0.15, 0.2) is 42.6 Å². The van der Waals surface area contributed by atoms with Gasteiger partial charge in [0.15, 0.2) is 5.78 Å². The summed E-state index contributed by atoms with van der Waals surface area (Å²) in [6.07, 6.45) is 1.62. The average molecular weight is 304 g/mol. The predicted octanol–water partition coefficient (Wildman–Crippen LogP) is 4.20. The van der Waals surface area contributed by atoms with E-state index in [-0.39, 0.29) is 16.4 Å². The Morgan fingerprint density at radius 3 is 2.71 bits per heavy atom. The van der Waals surface area contributed by atoms with Crippen LogP contribution in [0.3, 0.4) is 0 Å². The van der Waals surface area contributed by atoms with Gasteiger partial charge < -0.3 is 9.72 Å². The van der Waals surface area contributed by atoms with E-state index in [2.05, 4.69) is 4.98 Å². The summed E-state index contributed by atoms with van der Waals surface area (Å²) in [6, 6.07) is 9.14. The summed E-state index contributed by atoms with van der Waals surface area (Å²) in [5, 5.41) is 0.831. The maximum absolute atomic E-state index is 13.1. The van der Waals surface area contributed by atoms with Crippen molar-refractivity contribution in [2.75, 3.05) is 7.11 Å². The number of fused-ring (bicyclic) bond motifs is 1. The Morgan fingerprint density at radius 2 is 2.00 bits per heavy atom. The molecule has 0 bridgehead atoms. The lowest BCUT2D eigenvalue weighted by molar-refractivity contribution is 0.104. The first-order chi connectivity index (χ1) is 10.1. The largest absolute Gasteiger partial charge is 0.497 e. The molecule has 0 aliphatic heterocycles. The second-order valence-corrected chi connectivity index (χ2v) is 4.97. The van der Waals surface area contributed by atoms with Crippen molar-refractivity contribution in [2.24, 2.45) is 0 Å². The summed E-state index contributed by atoms with van der Waals surface area (Å²) in [4.78, 5) is 15.6. The highest BCUT2D eigenvalue weighted by atomic mass is 35.5. The van der Waals surface area contributed by atoms with Crippen molar-refractivity contribution < 1.29 is 13.9 Å². The van der Waals surface area contributed by atoms with Gasteiger partial charge in [0.1, 0.15) is 11.6 Å². The van der Waals surface area contributed by atoms with Crippen LogP contribution in [0, 0.1) is 5.82 Å². The average Bonchev–Trinajstić information content (AvgIpc) is 2.89. The van der Waals surface area contributed by atoms with Crippen LogP contribution >= 0.6 is 11.6 Å². The highest BCUT2D eigenvalue weighted by Crippen LogP contribution is 2.27. The number of carbonyl (C=O) groups is 1. The zero-order valence-electron chi connectivity index (χ0n) is 11.1. The van der Waals surface area contributed by atoms with Crippen molar-refractivity contribution in [3.05, 3.63) is 64.6 Å². The van der Waals surface area contributed by atoms with Crippen LogP contribution in [0.25, 0.3) is 10.9 Å². The van der Waals surface area contributed by atoms with Gasteiger partial charge in [-0.05, 0) is 36.4 Å². The Bertz CT molecular complexity index is 841. The zero-order valence-corrected chi connectivity index (χ0v) is 11.9. The van der Waals surface area contributed by atoms with Gasteiger partial charge in [0.25, 0.3) is 0 Å². The molecule has 1 aromatic heterocycles. The minimum Gasteiger partial charge on any atom is -0.497 e. The molecule has 3 aromatic rings. The quantitative estimate of drug-likeness (QED) is 0.737. The molecule has 0 atom stereocenters. The van der Waals surface area contributed by atoms with Gasteiger partial charge in [-0.15, -0.1) is 0 Å². The van der Waals surface area contributed by atoms with Gasteiger partial charge in [0, 0.05) is 28.2 Å². The summed E-state index contributed by atoms with van der Waals surface area (Å²) in [5.74, 6) is -0.0852. The van der Waals surface area contributed by atoms with E-state index in [1.807, 2.05) is 6.07 Å². The number of ether oxygens (including phenoxy) is 1. The number of H-pyrrole nitrogens is 1. The maximum atomic E-state index is 13.1. The number of hydrogen-bond acceptors (Lipinski definition) is 2. The minimum absolute atomic E-state index is 0.0947. The van der Waals surface area contributed by atoms with Crippen molar-refractivity contribution in [1.29, 1.82) is 0 Å². The smallest absolute Gasteiger partial charge is 0.196 e. The highest BCUT2D eigenvalue weighted by Gasteiger charge is 2.17. The highest BCUT2D eigenvalue weighted by molar-refractivity contribution is 6.35. The number of halogens is 2. The number of hydrogen-bond donors (Lipinski definition) is 1. The van der Waals surface area contributed by atoms with Gasteiger partial charge in [0.05, 0.1) is 12.1 Å². The van der Waals surface area contributed by atoms with E-state index in [1.54, 1.807) is 25.4 Å². The molecule has 0 radical (unpaired) electrons. The molecule has 21 heavy (non-hydrogen) atoms. The number of ketones is 1. The lowest BCUT2D eigenvalue weighted by Gasteiger charge is -2.04. The molecule has 0 aliphatic rings. The van der Waals surface area contributed by atoms with Gasteiger partial charge in [-0.25, -0.2) is 4.39 Å². The maximum Gasteiger partial charge on any atom is 0.196 e. The topological polar surface area (TPSA) is 42.1 Å². The number of aromatic nitrogens is 1. The van der Waals surface area contributed by atoms with Crippen molar-refractivity contribution in [3.63, 3.8) is 0 Å². The monoisotopic (exact) mass is 303 g/mol. The van der Waals surface area contributed by atoms with E-state index < -0.39 is 5.82 Å². The van der Waals surface area contributed by atoms with Crippen LogP contribution in [-0.2, 0) is 0 Å². The second kappa shape index (κ2) is 5.22. The molecule has 0 saturated heterocycles. The summed E-state index contributed by atoms with van der Waals surface area (Å²) < 4.78 is 18.3. The zero-order chi connectivity index (χ0) is 15.0. The molecule has 0 unspecified atom stereocenters. The van der Waals surface area contributed by atoms with Crippen LogP contribution in [0.1, 0.15) is 15.9 Å². The van der Waals surface area contributed by atoms with E-state index in [9.17, 15) is 9.18 Å². The fourth-order valence-corrected chi connectivity index (χ4v) is 2.49. The van der Waals surface area contributed by atoms with E-state index in [0.29, 0.717) is 11.3 Å². The first-order valence-electron chi connectivity index (χ1n) is 6.25. The summed E-state index contributed by atoms with van der Waals surface area (Å²) in [6.45, 7) is 0. The Hall–Kier alpha value is -2.33. The first kappa shape index (κ1) is 13.6. The van der Waals surface area contributed by atoms with Gasteiger partial charge in [-0.2, -0.15) is 0 Å². The Kier molecular flexibility index (Phi) is 3.39. The van der Waals surface area contributed by atoms with Crippen LogP contribution < -0.4 is 4.74 Å². The molecule has 0 aliphatic carbocycles. The summed E-state index contributed by atoms with van der Waals surface area (Å²) >= 11 is 5.96. The number of nitrogens with one attached hydrogen (secondary N) is 1. The predicted molar refractivity (Wildman–Crippen MR) is 79.7 cm³/mol. The van der Waals surface area contributed by atoms with Crippen molar-refractivity contribution in [2.45, 2.75) is 0 Å². The fourth-order valence-electron chi connectivity index (χ4n) is 2.23. The van der Waals surface area contributed by atoms with Crippen molar-refractivity contribution in [3.8, 4) is 5.75 Å². The Morgan fingerprint density at radius 1 is 1.19 bits per heavy atom. The lowest BCUT2D eigenvalue weighted by atomic mass is 10.0. The third-order valence-corrected chi connectivity index (χ3v) is 3.62. The van der Waals surface area contributed by atoms with Crippen LogP contribution in [0.2, 0.25) is 5.02 Å². The molecule has 5 heteroatoms. The molecule has 0 fully saturated rings. The second-order valence-electron chi connectivity index (χ2n) is 4.57. The molecule has 0 spiro atoms. The van der Waals surface area contributed by atoms with Gasteiger partial charge in [-0.3, -0.25) is 4.79 Å². The first-order valence-corrected chi connectivity index (χ1v) is 6.63. The Labute approximate surface area is 125 Å². The van der Waals surface area contributed by atoms with Gasteiger partial charge >= 0.3 is 0 Å². The molecule has 1 heterocycles. The molecular weight excluding hydrogens is 293 g/mol. The number of methoxy groups -OCH3 is 1. The number of rotatable bonds is 3. The van der Waals surface area contributed by atoms with Gasteiger partial charge in [0.2, 0.25) is 0 Å². The minimum atomic E-state index is -0.475. The summed E-state index contributed by atoms with van der Waals surface area (Å²) in [7, 11) is 1.56. The van der Waals surface area contributed by atoms with E-state index in [0.717, 1.165) is 17.0 Å². The molecule has 2 aromatic carbocycles.